The lowest BCUT2D eigenvalue weighted by atomic mass is 10.2. The van der Waals surface area contributed by atoms with Gasteiger partial charge in [0.25, 0.3) is 11.8 Å². The van der Waals surface area contributed by atoms with Crippen molar-refractivity contribution in [2.75, 3.05) is 6.61 Å². The van der Waals surface area contributed by atoms with Crippen molar-refractivity contribution >= 4 is 17.9 Å². The van der Waals surface area contributed by atoms with Gasteiger partial charge in [0.1, 0.15) is 17.3 Å². The smallest absolute Gasteiger partial charge is 0.276 e. The van der Waals surface area contributed by atoms with Crippen molar-refractivity contribution in [3.8, 4) is 5.75 Å². The van der Waals surface area contributed by atoms with Crippen LogP contribution in [0.25, 0.3) is 6.08 Å². The minimum absolute atomic E-state index is 0.190. The molecule has 0 bridgehead atoms. The van der Waals surface area contributed by atoms with Gasteiger partial charge < -0.3 is 9.15 Å². The van der Waals surface area contributed by atoms with E-state index in [2.05, 4.69) is 10.9 Å². The molecule has 120 valence electrons. The molecule has 23 heavy (non-hydrogen) atoms. The fourth-order valence-electron chi connectivity index (χ4n) is 1.69. The molecule has 0 radical (unpaired) electrons. The lowest BCUT2D eigenvalue weighted by Gasteiger charge is -2.07. The van der Waals surface area contributed by atoms with E-state index in [0.717, 1.165) is 11.3 Å². The first-order valence-corrected chi connectivity index (χ1v) is 7.06. The van der Waals surface area contributed by atoms with E-state index >= 15 is 0 Å². The molecule has 0 atom stereocenters. The third kappa shape index (κ3) is 5.70. The second-order valence-corrected chi connectivity index (χ2v) is 4.92. The third-order valence-electron chi connectivity index (χ3n) is 2.88. The molecule has 0 unspecified atom stereocenters. The number of rotatable bonds is 5. The van der Waals surface area contributed by atoms with Gasteiger partial charge in [-0.3, -0.25) is 20.4 Å². The average molecular weight is 314 g/mol. The van der Waals surface area contributed by atoms with E-state index in [-0.39, 0.29) is 6.61 Å². The molecule has 2 amide bonds. The van der Waals surface area contributed by atoms with Gasteiger partial charge >= 0.3 is 0 Å². The predicted octanol–water partition coefficient (Wildman–Crippen LogP) is 2.14. The largest absolute Gasteiger partial charge is 0.484 e. The van der Waals surface area contributed by atoms with Gasteiger partial charge in [-0.25, -0.2) is 0 Å². The molecule has 1 heterocycles. The predicted molar refractivity (Wildman–Crippen MR) is 85.4 cm³/mol. The van der Waals surface area contributed by atoms with Gasteiger partial charge in [0.15, 0.2) is 6.61 Å². The molecular weight excluding hydrogens is 296 g/mol. The monoisotopic (exact) mass is 314 g/mol. The van der Waals surface area contributed by atoms with Crippen molar-refractivity contribution in [1.29, 1.82) is 0 Å². The van der Waals surface area contributed by atoms with Crippen molar-refractivity contribution in [3.63, 3.8) is 0 Å². The molecule has 0 fully saturated rings. The summed E-state index contributed by atoms with van der Waals surface area (Å²) in [4.78, 5) is 23.1. The minimum atomic E-state index is -0.470. The van der Waals surface area contributed by atoms with Crippen LogP contribution < -0.4 is 15.6 Å². The van der Waals surface area contributed by atoms with E-state index < -0.39 is 11.8 Å². The molecule has 0 saturated heterocycles. The zero-order valence-electron chi connectivity index (χ0n) is 13.0. The van der Waals surface area contributed by atoms with Crippen molar-refractivity contribution in [2.45, 2.75) is 13.8 Å². The summed E-state index contributed by atoms with van der Waals surface area (Å²) < 4.78 is 10.6. The average Bonchev–Trinajstić information content (AvgIpc) is 2.96. The number of amides is 2. The summed E-state index contributed by atoms with van der Waals surface area (Å²) in [7, 11) is 0. The number of ether oxygens (including phenoxy) is 1. The maximum Gasteiger partial charge on any atom is 0.276 e. The number of aryl methyl sites for hydroxylation is 2. The van der Waals surface area contributed by atoms with E-state index in [4.69, 9.17) is 9.15 Å². The van der Waals surface area contributed by atoms with E-state index in [1.54, 1.807) is 24.3 Å². The van der Waals surface area contributed by atoms with Crippen LogP contribution in [0.4, 0.5) is 0 Å². The van der Waals surface area contributed by atoms with Gasteiger partial charge in [-0.2, -0.15) is 0 Å². The highest BCUT2D eigenvalue weighted by Gasteiger charge is 2.04. The van der Waals surface area contributed by atoms with Crippen LogP contribution in [0.2, 0.25) is 0 Å². The van der Waals surface area contributed by atoms with Crippen LogP contribution in [-0.4, -0.2) is 18.4 Å². The Kier molecular flexibility index (Phi) is 5.57. The molecule has 1 aromatic carbocycles. The van der Waals surface area contributed by atoms with Gasteiger partial charge in [-0.15, -0.1) is 0 Å². The van der Waals surface area contributed by atoms with Gasteiger partial charge in [0.05, 0.1) is 0 Å². The Bertz CT molecular complexity index is 702. The summed E-state index contributed by atoms with van der Waals surface area (Å²) in [5, 5.41) is 0. The van der Waals surface area contributed by atoms with Gasteiger partial charge in [0, 0.05) is 6.08 Å². The number of furan rings is 1. The Labute approximate surface area is 134 Å². The topological polar surface area (TPSA) is 80.6 Å². The molecule has 6 heteroatoms. The molecule has 2 rings (SSSR count). The molecular formula is C17H18N2O4. The van der Waals surface area contributed by atoms with E-state index in [1.807, 2.05) is 26.0 Å². The van der Waals surface area contributed by atoms with Crippen molar-refractivity contribution in [1.82, 2.24) is 10.9 Å². The van der Waals surface area contributed by atoms with Crippen LogP contribution >= 0.6 is 0 Å². The normalized spacial score (nSPS) is 10.5. The van der Waals surface area contributed by atoms with Crippen molar-refractivity contribution in [2.24, 2.45) is 0 Å². The number of hydrazine groups is 1. The Morgan fingerprint density at radius 2 is 1.83 bits per heavy atom. The lowest BCUT2D eigenvalue weighted by molar-refractivity contribution is -0.128. The highest BCUT2D eigenvalue weighted by atomic mass is 16.5. The van der Waals surface area contributed by atoms with Crippen LogP contribution in [0.5, 0.6) is 5.75 Å². The fourth-order valence-corrected chi connectivity index (χ4v) is 1.69. The summed E-state index contributed by atoms with van der Waals surface area (Å²) in [6, 6.07) is 10.9. The Morgan fingerprint density at radius 1 is 1.09 bits per heavy atom. The minimum Gasteiger partial charge on any atom is -0.484 e. The third-order valence-corrected chi connectivity index (χ3v) is 2.88. The summed E-state index contributed by atoms with van der Waals surface area (Å²) in [6.07, 6.45) is 2.77. The zero-order chi connectivity index (χ0) is 16.7. The summed E-state index contributed by atoms with van der Waals surface area (Å²) in [5.74, 6) is 0.979. The van der Waals surface area contributed by atoms with Crippen LogP contribution in [0.1, 0.15) is 17.1 Å². The van der Waals surface area contributed by atoms with Crippen LogP contribution in [-0.2, 0) is 9.59 Å². The summed E-state index contributed by atoms with van der Waals surface area (Å²) in [6.45, 7) is 3.58. The maximum absolute atomic E-state index is 11.6. The van der Waals surface area contributed by atoms with E-state index in [9.17, 15) is 9.59 Å². The Hall–Kier alpha value is -3.02. The molecule has 1 aromatic heterocycles. The van der Waals surface area contributed by atoms with Crippen LogP contribution in [0.3, 0.4) is 0 Å². The summed E-state index contributed by atoms with van der Waals surface area (Å²) >= 11 is 0. The molecule has 0 aliphatic carbocycles. The Morgan fingerprint density at radius 3 is 2.48 bits per heavy atom. The number of hydrogen-bond acceptors (Lipinski definition) is 4. The summed E-state index contributed by atoms with van der Waals surface area (Å²) in [5.41, 5.74) is 5.62. The van der Waals surface area contributed by atoms with E-state index in [0.29, 0.717) is 11.5 Å². The van der Waals surface area contributed by atoms with Gasteiger partial charge in [-0.1, -0.05) is 17.7 Å². The van der Waals surface area contributed by atoms with Crippen molar-refractivity contribution in [3.05, 3.63) is 59.6 Å². The maximum atomic E-state index is 11.6. The van der Waals surface area contributed by atoms with Gasteiger partial charge in [0.2, 0.25) is 0 Å². The number of hydrogen-bond donors (Lipinski definition) is 2. The molecule has 0 aliphatic rings. The van der Waals surface area contributed by atoms with Crippen LogP contribution in [0.15, 0.2) is 46.9 Å². The molecule has 6 nitrogen and oxygen atoms in total. The SMILES string of the molecule is Cc1ccc(OCC(=O)NNC(=O)/C=C/c2ccc(C)o2)cc1. The molecule has 0 spiro atoms. The lowest BCUT2D eigenvalue weighted by Crippen LogP contribution is -2.43. The second kappa shape index (κ2) is 7.84. The van der Waals surface area contributed by atoms with E-state index in [1.165, 1.54) is 12.2 Å². The highest BCUT2D eigenvalue weighted by molar-refractivity contribution is 5.92. The van der Waals surface area contributed by atoms with Gasteiger partial charge in [-0.05, 0) is 44.2 Å². The number of benzene rings is 1. The first kappa shape index (κ1) is 16.4. The molecule has 0 saturated carbocycles. The number of carbonyl (C=O) groups excluding carboxylic acids is 2. The number of nitrogens with one attached hydrogen (secondary N) is 2. The number of carbonyl (C=O) groups is 2. The highest BCUT2D eigenvalue weighted by Crippen LogP contribution is 2.10. The Balaban J connectivity index is 1.70. The molecule has 2 aromatic rings. The van der Waals surface area contributed by atoms with Crippen LogP contribution in [0, 0.1) is 13.8 Å². The quantitative estimate of drug-likeness (QED) is 0.654. The molecule has 0 aliphatic heterocycles. The zero-order valence-corrected chi connectivity index (χ0v) is 13.0. The molecule has 2 N–H and O–H groups in total. The standard InChI is InChI=1S/C17H18N2O4/c1-12-3-6-14(7-4-12)22-11-17(21)19-18-16(20)10-9-15-8-5-13(2)23-15/h3-10H,11H2,1-2H3,(H,18,20)(H,19,21)/b10-9+. The van der Waals surface area contributed by atoms with Crippen molar-refractivity contribution < 1.29 is 18.7 Å². The fraction of sp³-hybridized carbons (Fsp3) is 0.176. The second-order valence-electron chi connectivity index (χ2n) is 4.92. The first-order chi connectivity index (χ1) is 11.0. The first-order valence-electron chi connectivity index (χ1n) is 7.06.